The summed E-state index contributed by atoms with van der Waals surface area (Å²) in [7, 11) is 1.97. The molecule has 1 aromatic rings. The van der Waals surface area contributed by atoms with E-state index in [1.165, 1.54) is 5.56 Å². The number of aryl methyl sites for hydroxylation is 1. The molecule has 1 N–H and O–H groups in total. The summed E-state index contributed by atoms with van der Waals surface area (Å²) in [4.78, 5) is 0. The fraction of sp³-hybridized carbons (Fsp3) is 0.600. The van der Waals surface area contributed by atoms with Crippen molar-refractivity contribution in [2.75, 3.05) is 7.05 Å². The molecule has 0 saturated carbocycles. The summed E-state index contributed by atoms with van der Waals surface area (Å²) in [5, 5.41) is 3.30. The summed E-state index contributed by atoms with van der Waals surface area (Å²) in [6.45, 7) is 8.49. The molecule has 17 heavy (non-hydrogen) atoms. The molecule has 0 aliphatic heterocycles. The van der Waals surface area contributed by atoms with Crippen LogP contribution in [-0.2, 0) is 6.42 Å². The van der Waals surface area contributed by atoms with Gasteiger partial charge in [0.2, 0.25) is 0 Å². The molecule has 0 bridgehead atoms. The van der Waals surface area contributed by atoms with E-state index >= 15 is 0 Å². The third-order valence-electron chi connectivity index (χ3n) is 2.59. The van der Waals surface area contributed by atoms with Crippen LogP contribution < -0.4 is 5.32 Å². The zero-order valence-electron chi connectivity index (χ0n) is 11.6. The van der Waals surface area contributed by atoms with Gasteiger partial charge in [0, 0.05) is 29.9 Å². The van der Waals surface area contributed by atoms with E-state index in [9.17, 15) is 0 Å². The zero-order valence-corrected chi connectivity index (χ0v) is 11.6. The third-order valence-corrected chi connectivity index (χ3v) is 2.59. The SMILES string of the molecule is CCc1occc1C(CC#CC(C)(C)C)NC. The lowest BCUT2D eigenvalue weighted by atomic mass is 9.96. The van der Waals surface area contributed by atoms with Crippen LogP contribution in [-0.4, -0.2) is 7.05 Å². The van der Waals surface area contributed by atoms with Crippen LogP contribution in [0.25, 0.3) is 0 Å². The highest BCUT2D eigenvalue weighted by molar-refractivity contribution is 5.23. The minimum Gasteiger partial charge on any atom is -0.469 e. The predicted molar refractivity (Wildman–Crippen MR) is 71.7 cm³/mol. The van der Waals surface area contributed by atoms with Gasteiger partial charge in [-0.1, -0.05) is 12.8 Å². The second kappa shape index (κ2) is 5.93. The summed E-state index contributed by atoms with van der Waals surface area (Å²) in [5.41, 5.74) is 1.31. The van der Waals surface area contributed by atoms with E-state index in [4.69, 9.17) is 4.42 Å². The molecule has 1 atom stereocenters. The number of hydrogen-bond donors (Lipinski definition) is 1. The molecule has 0 amide bonds. The van der Waals surface area contributed by atoms with Gasteiger partial charge in [-0.2, -0.15) is 0 Å². The first-order valence-electron chi connectivity index (χ1n) is 6.21. The standard InChI is InChI=1S/C15H23NO/c1-6-14-12(9-11-17-14)13(16-5)8-7-10-15(2,3)4/h9,11,13,16H,6,8H2,1-5H3. The fourth-order valence-electron chi connectivity index (χ4n) is 1.73. The summed E-state index contributed by atoms with van der Waals surface area (Å²) < 4.78 is 5.46. The molecule has 0 aliphatic rings. The van der Waals surface area contributed by atoms with Crippen molar-refractivity contribution >= 4 is 0 Å². The molecule has 0 radical (unpaired) electrons. The van der Waals surface area contributed by atoms with E-state index in [-0.39, 0.29) is 11.5 Å². The topological polar surface area (TPSA) is 25.2 Å². The van der Waals surface area contributed by atoms with E-state index < -0.39 is 0 Å². The Hall–Kier alpha value is -1.20. The van der Waals surface area contributed by atoms with Crippen molar-refractivity contribution in [1.82, 2.24) is 5.32 Å². The Morgan fingerprint density at radius 2 is 2.12 bits per heavy atom. The first kappa shape index (κ1) is 13.9. The van der Waals surface area contributed by atoms with Crippen LogP contribution in [0.4, 0.5) is 0 Å². The molecule has 94 valence electrons. The highest BCUT2D eigenvalue weighted by atomic mass is 16.3. The van der Waals surface area contributed by atoms with Crippen LogP contribution in [0.2, 0.25) is 0 Å². The van der Waals surface area contributed by atoms with Gasteiger partial charge < -0.3 is 9.73 Å². The van der Waals surface area contributed by atoms with Crippen LogP contribution >= 0.6 is 0 Å². The summed E-state index contributed by atoms with van der Waals surface area (Å²) in [6, 6.07) is 2.30. The number of nitrogens with one attached hydrogen (secondary N) is 1. The van der Waals surface area contributed by atoms with E-state index in [0.29, 0.717) is 0 Å². The van der Waals surface area contributed by atoms with Gasteiger partial charge in [-0.25, -0.2) is 0 Å². The van der Waals surface area contributed by atoms with E-state index in [1.54, 1.807) is 6.26 Å². The molecule has 1 aromatic heterocycles. The maximum absolute atomic E-state index is 5.46. The van der Waals surface area contributed by atoms with Crippen LogP contribution in [0.1, 0.15) is 51.5 Å². The van der Waals surface area contributed by atoms with E-state index in [0.717, 1.165) is 18.6 Å². The highest BCUT2D eigenvalue weighted by Crippen LogP contribution is 2.22. The molecule has 0 spiro atoms. The van der Waals surface area contributed by atoms with Crippen molar-refractivity contribution in [3.8, 4) is 11.8 Å². The van der Waals surface area contributed by atoms with Crippen molar-refractivity contribution in [2.45, 2.75) is 46.6 Å². The molecule has 0 fully saturated rings. The largest absolute Gasteiger partial charge is 0.469 e. The molecule has 0 saturated heterocycles. The van der Waals surface area contributed by atoms with Crippen LogP contribution in [0.3, 0.4) is 0 Å². The molecule has 1 rings (SSSR count). The van der Waals surface area contributed by atoms with Crippen molar-refractivity contribution in [3.63, 3.8) is 0 Å². The third kappa shape index (κ3) is 4.28. The van der Waals surface area contributed by atoms with Gasteiger partial charge in [0.25, 0.3) is 0 Å². The van der Waals surface area contributed by atoms with Gasteiger partial charge in [-0.3, -0.25) is 0 Å². The maximum Gasteiger partial charge on any atom is 0.108 e. The Morgan fingerprint density at radius 3 is 2.65 bits per heavy atom. The van der Waals surface area contributed by atoms with E-state index in [2.05, 4.69) is 44.9 Å². The average molecular weight is 233 g/mol. The monoisotopic (exact) mass is 233 g/mol. The molecular weight excluding hydrogens is 210 g/mol. The second-order valence-electron chi connectivity index (χ2n) is 5.25. The lowest BCUT2D eigenvalue weighted by Crippen LogP contribution is -2.16. The number of furan rings is 1. The Labute approximate surface area is 105 Å². The van der Waals surface area contributed by atoms with Gasteiger partial charge in [0.15, 0.2) is 0 Å². The first-order chi connectivity index (χ1) is 7.98. The number of hydrogen-bond acceptors (Lipinski definition) is 2. The van der Waals surface area contributed by atoms with Crippen molar-refractivity contribution in [1.29, 1.82) is 0 Å². The lowest BCUT2D eigenvalue weighted by molar-refractivity contribution is 0.497. The quantitative estimate of drug-likeness (QED) is 0.805. The molecular formula is C15H23NO. The van der Waals surface area contributed by atoms with Crippen molar-refractivity contribution in [3.05, 3.63) is 23.7 Å². The summed E-state index contributed by atoms with van der Waals surface area (Å²) >= 11 is 0. The Balaban J connectivity index is 2.75. The maximum atomic E-state index is 5.46. The average Bonchev–Trinajstić information content (AvgIpc) is 2.70. The molecule has 0 aromatic carbocycles. The molecule has 2 nitrogen and oxygen atoms in total. The molecule has 1 heterocycles. The number of rotatable bonds is 4. The van der Waals surface area contributed by atoms with Gasteiger partial charge in [-0.05, 0) is 33.9 Å². The molecule has 1 unspecified atom stereocenters. The summed E-state index contributed by atoms with van der Waals surface area (Å²) in [5.74, 6) is 7.58. The van der Waals surface area contributed by atoms with Gasteiger partial charge in [-0.15, -0.1) is 5.92 Å². The van der Waals surface area contributed by atoms with Crippen molar-refractivity contribution in [2.24, 2.45) is 5.41 Å². The predicted octanol–water partition coefficient (Wildman–Crippen LogP) is 3.54. The zero-order chi connectivity index (χ0) is 12.9. The van der Waals surface area contributed by atoms with Crippen LogP contribution in [0, 0.1) is 17.3 Å². The Morgan fingerprint density at radius 1 is 1.41 bits per heavy atom. The fourth-order valence-corrected chi connectivity index (χ4v) is 1.73. The Kier molecular flexibility index (Phi) is 4.84. The van der Waals surface area contributed by atoms with Gasteiger partial charge >= 0.3 is 0 Å². The van der Waals surface area contributed by atoms with Crippen molar-refractivity contribution < 1.29 is 4.42 Å². The first-order valence-corrected chi connectivity index (χ1v) is 6.21. The highest BCUT2D eigenvalue weighted by Gasteiger charge is 2.14. The molecule has 0 aliphatic carbocycles. The smallest absolute Gasteiger partial charge is 0.108 e. The van der Waals surface area contributed by atoms with Crippen LogP contribution in [0.15, 0.2) is 16.7 Å². The van der Waals surface area contributed by atoms with Gasteiger partial charge in [0.1, 0.15) is 5.76 Å². The summed E-state index contributed by atoms with van der Waals surface area (Å²) in [6.07, 6.45) is 3.50. The minimum absolute atomic E-state index is 0.0717. The normalized spacial score (nSPS) is 13.0. The lowest BCUT2D eigenvalue weighted by Gasteiger charge is -2.13. The Bertz CT molecular complexity index is 401. The van der Waals surface area contributed by atoms with Crippen LogP contribution in [0.5, 0.6) is 0 Å². The second-order valence-corrected chi connectivity index (χ2v) is 5.25. The van der Waals surface area contributed by atoms with Gasteiger partial charge in [0.05, 0.1) is 6.26 Å². The molecule has 2 heteroatoms. The van der Waals surface area contributed by atoms with E-state index in [1.807, 2.05) is 13.1 Å². The minimum atomic E-state index is 0.0717.